The van der Waals surface area contributed by atoms with Crippen molar-refractivity contribution in [3.63, 3.8) is 0 Å². The van der Waals surface area contributed by atoms with Crippen LogP contribution < -0.4 is 15.2 Å². The van der Waals surface area contributed by atoms with Gasteiger partial charge in [-0.15, -0.1) is 0 Å². The number of ether oxygens (including phenoxy) is 2. The number of hydrogen-bond donors (Lipinski definition) is 1. The number of rotatable bonds is 2. The Bertz CT molecular complexity index is 619. The fourth-order valence-corrected chi connectivity index (χ4v) is 2.90. The summed E-state index contributed by atoms with van der Waals surface area (Å²) in [5.41, 5.74) is 5.58. The third-order valence-corrected chi connectivity index (χ3v) is 3.73. The van der Waals surface area contributed by atoms with Crippen LogP contribution in [0.3, 0.4) is 0 Å². The molecule has 0 unspecified atom stereocenters. The lowest BCUT2D eigenvalue weighted by atomic mass is 10.3. The number of benzene rings is 1. The van der Waals surface area contributed by atoms with Crippen LogP contribution in [0.25, 0.3) is 0 Å². The highest BCUT2D eigenvalue weighted by Crippen LogP contribution is 2.36. The average Bonchev–Trinajstić information content (AvgIpc) is 2.62. The molecule has 1 aliphatic rings. The highest BCUT2D eigenvalue weighted by atomic mass is 35.5. The van der Waals surface area contributed by atoms with Crippen molar-refractivity contribution in [3.05, 3.63) is 29.4 Å². The van der Waals surface area contributed by atoms with Crippen molar-refractivity contribution in [2.75, 3.05) is 18.9 Å². The molecule has 0 aliphatic carbocycles. The molecule has 0 radical (unpaired) electrons. The third kappa shape index (κ3) is 3.08. The summed E-state index contributed by atoms with van der Waals surface area (Å²) < 4.78 is 11.2. The fraction of sp³-hybridized carbons (Fsp3) is 0.231. The average molecular weight is 310 g/mol. The molecule has 7 heteroatoms. The number of nitrogens with two attached hydrogens (primary N) is 1. The van der Waals surface area contributed by atoms with Gasteiger partial charge in [-0.1, -0.05) is 23.4 Å². The normalized spacial score (nSPS) is 13.8. The van der Waals surface area contributed by atoms with E-state index in [-0.39, 0.29) is 5.95 Å². The lowest BCUT2D eigenvalue weighted by molar-refractivity contribution is 0.297. The Morgan fingerprint density at radius 1 is 1.10 bits per heavy atom. The summed E-state index contributed by atoms with van der Waals surface area (Å²) >= 11 is 7.31. The van der Waals surface area contributed by atoms with Crippen molar-refractivity contribution in [2.24, 2.45) is 0 Å². The van der Waals surface area contributed by atoms with Crippen molar-refractivity contribution in [3.8, 4) is 11.5 Å². The van der Waals surface area contributed by atoms with Crippen molar-refractivity contribution in [1.82, 2.24) is 9.97 Å². The lowest BCUT2D eigenvalue weighted by Crippen LogP contribution is -1.97. The van der Waals surface area contributed by atoms with Crippen LogP contribution >= 0.6 is 23.4 Å². The van der Waals surface area contributed by atoms with Gasteiger partial charge in [0.25, 0.3) is 0 Å². The van der Waals surface area contributed by atoms with Crippen molar-refractivity contribution >= 4 is 29.3 Å². The van der Waals surface area contributed by atoms with Gasteiger partial charge in [-0.05, 0) is 18.2 Å². The van der Waals surface area contributed by atoms with Crippen LogP contribution in [0.1, 0.15) is 6.42 Å². The van der Waals surface area contributed by atoms with E-state index >= 15 is 0 Å². The van der Waals surface area contributed by atoms with Crippen LogP contribution in [0.5, 0.6) is 11.5 Å². The number of anilines is 1. The second-order valence-electron chi connectivity index (χ2n) is 4.15. The van der Waals surface area contributed by atoms with Crippen LogP contribution in [0.4, 0.5) is 5.95 Å². The van der Waals surface area contributed by atoms with E-state index in [0.717, 1.165) is 22.8 Å². The number of hydrogen-bond acceptors (Lipinski definition) is 6. The van der Waals surface area contributed by atoms with Gasteiger partial charge in [0.1, 0.15) is 10.2 Å². The first-order valence-electron chi connectivity index (χ1n) is 6.08. The Morgan fingerprint density at radius 2 is 1.90 bits per heavy atom. The quantitative estimate of drug-likeness (QED) is 0.860. The Hall–Kier alpha value is -1.66. The summed E-state index contributed by atoms with van der Waals surface area (Å²) in [6.45, 7) is 1.34. The Morgan fingerprint density at radius 3 is 2.70 bits per heavy atom. The summed E-state index contributed by atoms with van der Waals surface area (Å²) in [6, 6.07) is 7.45. The number of fused-ring (bicyclic) bond motifs is 1. The number of halogens is 1. The molecule has 0 saturated heterocycles. The minimum atomic E-state index is 0.161. The first-order valence-corrected chi connectivity index (χ1v) is 7.28. The maximum atomic E-state index is 5.86. The van der Waals surface area contributed by atoms with E-state index in [0.29, 0.717) is 23.4 Å². The molecule has 2 heterocycles. The summed E-state index contributed by atoms with van der Waals surface area (Å²) in [5.74, 6) is 1.68. The molecule has 1 aromatic carbocycles. The molecule has 0 saturated carbocycles. The molecular weight excluding hydrogens is 298 g/mol. The monoisotopic (exact) mass is 309 g/mol. The number of nitrogen functional groups attached to an aromatic ring is 1. The molecule has 0 atom stereocenters. The second-order valence-corrected chi connectivity index (χ2v) is 5.63. The SMILES string of the molecule is Nc1nc(Cl)cc(Sc2ccc3c(c2)OCCCO3)n1. The van der Waals surface area contributed by atoms with Crippen LogP contribution in [0.15, 0.2) is 34.2 Å². The van der Waals surface area contributed by atoms with E-state index in [2.05, 4.69) is 9.97 Å². The van der Waals surface area contributed by atoms with E-state index < -0.39 is 0 Å². The molecule has 0 bridgehead atoms. The molecule has 3 rings (SSSR count). The molecule has 104 valence electrons. The molecule has 0 fully saturated rings. The Labute approximate surface area is 125 Å². The van der Waals surface area contributed by atoms with E-state index in [1.807, 2.05) is 18.2 Å². The van der Waals surface area contributed by atoms with E-state index in [9.17, 15) is 0 Å². The van der Waals surface area contributed by atoms with Crippen LogP contribution in [0, 0.1) is 0 Å². The van der Waals surface area contributed by atoms with E-state index in [4.69, 9.17) is 26.8 Å². The predicted molar refractivity (Wildman–Crippen MR) is 77.6 cm³/mol. The smallest absolute Gasteiger partial charge is 0.222 e. The molecule has 2 N–H and O–H groups in total. The minimum Gasteiger partial charge on any atom is -0.490 e. The van der Waals surface area contributed by atoms with Crippen molar-refractivity contribution < 1.29 is 9.47 Å². The molecule has 5 nitrogen and oxygen atoms in total. The van der Waals surface area contributed by atoms with E-state index in [1.165, 1.54) is 11.8 Å². The van der Waals surface area contributed by atoms with Gasteiger partial charge in [0.05, 0.1) is 13.2 Å². The molecule has 20 heavy (non-hydrogen) atoms. The van der Waals surface area contributed by atoms with Gasteiger partial charge in [-0.3, -0.25) is 0 Å². The Kier molecular flexibility index (Phi) is 3.84. The molecule has 1 aliphatic heterocycles. The summed E-state index contributed by atoms with van der Waals surface area (Å²) in [4.78, 5) is 8.94. The van der Waals surface area contributed by atoms with Gasteiger partial charge < -0.3 is 15.2 Å². The third-order valence-electron chi connectivity index (χ3n) is 2.63. The maximum Gasteiger partial charge on any atom is 0.222 e. The van der Waals surface area contributed by atoms with Gasteiger partial charge in [-0.2, -0.15) is 0 Å². The maximum absolute atomic E-state index is 5.86. The highest BCUT2D eigenvalue weighted by Gasteiger charge is 2.12. The molecule has 2 aromatic rings. The molecule has 0 amide bonds. The molecule has 1 aromatic heterocycles. The number of aromatic nitrogens is 2. The largest absolute Gasteiger partial charge is 0.490 e. The van der Waals surface area contributed by atoms with Gasteiger partial charge >= 0.3 is 0 Å². The van der Waals surface area contributed by atoms with Gasteiger partial charge in [0.2, 0.25) is 5.95 Å². The van der Waals surface area contributed by atoms with Crippen LogP contribution in [-0.2, 0) is 0 Å². The standard InChI is InChI=1S/C13H12ClN3O2S/c14-11-7-12(17-13(15)16-11)20-8-2-3-9-10(6-8)19-5-1-4-18-9/h2-3,6-7H,1,4-5H2,(H2,15,16,17). The van der Waals surface area contributed by atoms with Gasteiger partial charge in [0.15, 0.2) is 11.5 Å². The van der Waals surface area contributed by atoms with Crippen molar-refractivity contribution in [2.45, 2.75) is 16.3 Å². The summed E-state index contributed by atoms with van der Waals surface area (Å²) in [5, 5.41) is 1.02. The van der Waals surface area contributed by atoms with Crippen LogP contribution in [0.2, 0.25) is 5.15 Å². The lowest BCUT2D eigenvalue weighted by Gasteiger charge is -2.09. The zero-order chi connectivity index (χ0) is 13.9. The molecular formula is C13H12ClN3O2S. The predicted octanol–water partition coefficient (Wildman–Crippen LogP) is 3.02. The zero-order valence-electron chi connectivity index (χ0n) is 10.5. The first kappa shape index (κ1) is 13.3. The topological polar surface area (TPSA) is 70.3 Å². The summed E-state index contributed by atoms with van der Waals surface area (Å²) in [6.07, 6.45) is 0.884. The fourth-order valence-electron chi connectivity index (χ4n) is 1.79. The van der Waals surface area contributed by atoms with Crippen LogP contribution in [-0.4, -0.2) is 23.2 Å². The molecule has 0 spiro atoms. The minimum absolute atomic E-state index is 0.161. The van der Waals surface area contributed by atoms with Gasteiger partial charge in [-0.25, -0.2) is 9.97 Å². The van der Waals surface area contributed by atoms with E-state index in [1.54, 1.807) is 6.07 Å². The zero-order valence-corrected chi connectivity index (χ0v) is 12.1. The highest BCUT2D eigenvalue weighted by molar-refractivity contribution is 7.99. The van der Waals surface area contributed by atoms with Gasteiger partial charge in [0, 0.05) is 17.4 Å². The number of nitrogens with zero attached hydrogens (tertiary/aromatic N) is 2. The first-order chi connectivity index (χ1) is 9.70. The van der Waals surface area contributed by atoms with Crippen molar-refractivity contribution in [1.29, 1.82) is 0 Å². The second kappa shape index (κ2) is 5.76. The summed E-state index contributed by atoms with van der Waals surface area (Å²) in [7, 11) is 0. The Balaban J connectivity index is 1.85.